The van der Waals surface area contributed by atoms with Gasteiger partial charge in [0.15, 0.2) is 0 Å². The van der Waals surface area contributed by atoms with E-state index >= 15 is 0 Å². The third kappa shape index (κ3) is 3.20. The Labute approximate surface area is 91.8 Å². The molecule has 0 fully saturated rings. The molecule has 3 nitrogen and oxygen atoms in total. The molecule has 0 aliphatic rings. The normalized spacial score (nSPS) is 12.9. The van der Waals surface area contributed by atoms with Crippen molar-refractivity contribution in [3.05, 3.63) is 23.9 Å². The Kier molecular flexibility index (Phi) is 4.09. The summed E-state index contributed by atoms with van der Waals surface area (Å²) in [6.45, 7) is 7.05. The fourth-order valence-electron chi connectivity index (χ4n) is 1.69. The number of anilines is 1. The molecule has 1 rings (SSSR count). The first-order valence-corrected chi connectivity index (χ1v) is 5.36. The van der Waals surface area contributed by atoms with E-state index < -0.39 is 6.10 Å². The van der Waals surface area contributed by atoms with E-state index in [1.165, 1.54) is 0 Å². The summed E-state index contributed by atoms with van der Waals surface area (Å²) in [6.07, 6.45) is 1.29. The molecule has 1 aromatic heterocycles. The van der Waals surface area contributed by atoms with Crippen LogP contribution in [0.3, 0.4) is 0 Å². The second-order valence-electron chi connectivity index (χ2n) is 4.37. The number of pyridine rings is 1. The minimum atomic E-state index is -0.469. The van der Waals surface area contributed by atoms with E-state index in [-0.39, 0.29) is 0 Å². The van der Waals surface area contributed by atoms with Crippen LogP contribution in [0, 0.1) is 5.92 Å². The molecule has 1 heterocycles. The van der Waals surface area contributed by atoms with Gasteiger partial charge in [-0.1, -0.05) is 19.9 Å². The highest BCUT2D eigenvalue weighted by molar-refractivity contribution is 5.46. The van der Waals surface area contributed by atoms with Crippen LogP contribution in [0.25, 0.3) is 0 Å². The van der Waals surface area contributed by atoms with Crippen molar-refractivity contribution in [3.8, 4) is 0 Å². The molecule has 0 saturated heterocycles. The molecule has 0 aromatic carbocycles. The van der Waals surface area contributed by atoms with Crippen molar-refractivity contribution in [1.29, 1.82) is 0 Å². The highest BCUT2D eigenvalue weighted by atomic mass is 16.3. The first kappa shape index (κ1) is 12.0. The lowest BCUT2D eigenvalue weighted by molar-refractivity contribution is 0.199. The Hall–Kier alpha value is -1.09. The summed E-state index contributed by atoms with van der Waals surface area (Å²) in [7, 11) is 2.01. The smallest absolute Gasteiger partial charge is 0.134 e. The number of aliphatic hydroxyl groups is 1. The summed E-state index contributed by atoms with van der Waals surface area (Å²) in [6, 6.07) is 3.78. The van der Waals surface area contributed by atoms with E-state index in [9.17, 15) is 5.11 Å². The maximum atomic E-state index is 9.62. The van der Waals surface area contributed by atoms with Crippen LogP contribution in [-0.4, -0.2) is 23.7 Å². The van der Waals surface area contributed by atoms with Crippen LogP contribution < -0.4 is 4.90 Å². The van der Waals surface area contributed by atoms with Crippen molar-refractivity contribution in [2.75, 3.05) is 18.5 Å². The minimum Gasteiger partial charge on any atom is -0.389 e. The fourth-order valence-corrected chi connectivity index (χ4v) is 1.69. The van der Waals surface area contributed by atoms with Crippen LogP contribution in [0.1, 0.15) is 32.4 Å². The van der Waals surface area contributed by atoms with Gasteiger partial charge in [-0.15, -0.1) is 0 Å². The molecule has 0 aliphatic heterocycles. The molecule has 15 heavy (non-hydrogen) atoms. The third-order valence-electron chi connectivity index (χ3n) is 2.27. The van der Waals surface area contributed by atoms with Crippen LogP contribution >= 0.6 is 0 Å². The van der Waals surface area contributed by atoms with Crippen molar-refractivity contribution in [1.82, 2.24) is 4.98 Å². The molecule has 84 valence electrons. The molecule has 1 N–H and O–H groups in total. The van der Waals surface area contributed by atoms with E-state index in [0.717, 1.165) is 17.9 Å². The van der Waals surface area contributed by atoms with Crippen LogP contribution in [0.4, 0.5) is 5.82 Å². The molecule has 0 bridgehead atoms. The van der Waals surface area contributed by atoms with Crippen molar-refractivity contribution < 1.29 is 5.11 Å². The van der Waals surface area contributed by atoms with E-state index in [1.54, 1.807) is 13.1 Å². The van der Waals surface area contributed by atoms with E-state index in [0.29, 0.717) is 5.92 Å². The van der Waals surface area contributed by atoms with E-state index in [4.69, 9.17) is 0 Å². The van der Waals surface area contributed by atoms with Gasteiger partial charge in [-0.05, 0) is 18.9 Å². The Bertz CT molecular complexity index is 310. The van der Waals surface area contributed by atoms with Gasteiger partial charge in [0.05, 0.1) is 6.10 Å². The molecule has 0 aliphatic carbocycles. The number of hydrogen-bond donors (Lipinski definition) is 1. The number of hydrogen-bond acceptors (Lipinski definition) is 3. The summed E-state index contributed by atoms with van der Waals surface area (Å²) < 4.78 is 0. The first-order valence-electron chi connectivity index (χ1n) is 5.36. The summed E-state index contributed by atoms with van der Waals surface area (Å²) in [5, 5.41) is 9.62. The predicted octanol–water partition coefficient (Wildman–Crippen LogP) is 2.23. The van der Waals surface area contributed by atoms with Crippen LogP contribution in [-0.2, 0) is 0 Å². The van der Waals surface area contributed by atoms with Gasteiger partial charge in [0.1, 0.15) is 5.82 Å². The number of aromatic nitrogens is 1. The van der Waals surface area contributed by atoms with E-state index in [1.807, 2.05) is 19.2 Å². The second-order valence-corrected chi connectivity index (χ2v) is 4.37. The highest BCUT2D eigenvalue weighted by Crippen LogP contribution is 2.22. The highest BCUT2D eigenvalue weighted by Gasteiger charge is 2.12. The molecule has 0 spiro atoms. The summed E-state index contributed by atoms with van der Waals surface area (Å²) in [5.74, 6) is 1.46. The lowest BCUT2D eigenvalue weighted by Gasteiger charge is -2.23. The van der Waals surface area contributed by atoms with Gasteiger partial charge >= 0.3 is 0 Å². The zero-order valence-corrected chi connectivity index (χ0v) is 9.94. The van der Waals surface area contributed by atoms with Crippen molar-refractivity contribution in [2.24, 2.45) is 5.92 Å². The van der Waals surface area contributed by atoms with Gasteiger partial charge in [0, 0.05) is 25.4 Å². The average molecular weight is 208 g/mol. The Morgan fingerprint density at radius 3 is 2.60 bits per heavy atom. The van der Waals surface area contributed by atoms with Crippen LogP contribution in [0.2, 0.25) is 0 Å². The third-order valence-corrected chi connectivity index (χ3v) is 2.27. The fraction of sp³-hybridized carbons (Fsp3) is 0.583. The average Bonchev–Trinajstić information content (AvgIpc) is 2.16. The largest absolute Gasteiger partial charge is 0.389 e. The molecule has 1 atom stereocenters. The molecule has 1 aromatic rings. The summed E-state index contributed by atoms with van der Waals surface area (Å²) in [5.41, 5.74) is 0.889. The first-order chi connectivity index (χ1) is 7.02. The van der Waals surface area contributed by atoms with Crippen LogP contribution in [0.5, 0.6) is 0 Å². The van der Waals surface area contributed by atoms with Crippen molar-refractivity contribution >= 4 is 5.82 Å². The zero-order chi connectivity index (χ0) is 11.4. The minimum absolute atomic E-state index is 0.469. The topological polar surface area (TPSA) is 36.4 Å². The SMILES string of the molecule is CC(C)CN(C)c1ncccc1C(C)O. The van der Waals surface area contributed by atoms with Gasteiger partial charge in [-0.3, -0.25) is 0 Å². The molecule has 0 radical (unpaired) electrons. The number of rotatable bonds is 4. The number of nitrogens with zero attached hydrogens (tertiary/aromatic N) is 2. The summed E-state index contributed by atoms with van der Waals surface area (Å²) in [4.78, 5) is 6.41. The van der Waals surface area contributed by atoms with Gasteiger partial charge < -0.3 is 10.0 Å². The monoisotopic (exact) mass is 208 g/mol. The molecular weight excluding hydrogens is 188 g/mol. The Balaban J connectivity index is 2.92. The predicted molar refractivity (Wildman–Crippen MR) is 63.0 cm³/mol. The lowest BCUT2D eigenvalue weighted by Crippen LogP contribution is -2.25. The molecular formula is C12H20N2O. The van der Waals surface area contributed by atoms with Gasteiger partial charge in [-0.25, -0.2) is 4.98 Å². The molecule has 1 unspecified atom stereocenters. The Morgan fingerprint density at radius 1 is 1.40 bits per heavy atom. The molecule has 0 saturated carbocycles. The number of aliphatic hydroxyl groups excluding tert-OH is 1. The zero-order valence-electron chi connectivity index (χ0n) is 9.94. The quantitative estimate of drug-likeness (QED) is 0.824. The van der Waals surface area contributed by atoms with Gasteiger partial charge in [0.25, 0.3) is 0 Å². The van der Waals surface area contributed by atoms with Gasteiger partial charge in [-0.2, -0.15) is 0 Å². The van der Waals surface area contributed by atoms with Gasteiger partial charge in [0.2, 0.25) is 0 Å². The van der Waals surface area contributed by atoms with Crippen LogP contribution in [0.15, 0.2) is 18.3 Å². The maximum absolute atomic E-state index is 9.62. The standard InChI is InChI=1S/C12H20N2O/c1-9(2)8-14(4)12-11(10(3)15)6-5-7-13-12/h5-7,9-10,15H,8H2,1-4H3. The van der Waals surface area contributed by atoms with E-state index in [2.05, 4.69) is 23.7 Å². The Morgan fingerprint density at radius 2 is 2.07 bits per heavy atom. The van der Waals surface area contributed by atoms with Crippen molar-refractivity contribution in [2.45, 2.75) is 26.9 Å². The molecule has 3 heteroatoms. The lowest BCUT2D eigenvalue weighted by atomic mass is 10.1. The summed E-state index contributed by atoms with van der Waals surface area (Å²) >= 11 is 0. The second kappa shape index (κ2) is 5.12. The van der Waals surface area contributed by atoms with Crippen molar-refractivity contribution in [3.63, 3.8) is 0 Å². The maximum Gasteiger partial charge on any atom is 0.134 e. The molecule has 0 amide bonds.